The Morgan fingerprint density at radius 1 is 1.21 bits per heavy atom. The molecule has 1 N–H and O–H groups in total. The van der Waals surface area contributed by atoms with Crippen LogP contribution in [0.4, 0.5) is 4.39 Å². The van der Waals surface area contributed by atoms with Gasteiger partial charge in [0.05, 0.1) is 29.7 Å². The topological polar surface area (TPSA) is 59.8 Å². The van der Waals surface area contributed by atoms with Crippen molar-refractivity contribution in [3.8, 4) is 29.7 Å². The molecule has 0 bridgehead atoms. The number of nitrogens with zero attached hydrogens (tertiary/aromatic N) is 3. The van der Waals surface area contributed by atoms with Gasteiger partial charge in [0.15, 0.2) is 11.6 Å². The second-order valence-electron chi connectivity index (χ2n) is 8.66. The maximum absolute atomic E-state index is 14.5. The minimum Gasteiger partial charge on any atom is -0.435 e. The second kappa shape index (κ2) is 11.3. The average molecular weight is 464 g/mol. The minimum atomic E-state index is -0.674. The van der Waals surface area contributed by atoms with E-state index in [1.54, 1.807) is 22.9 Å². The molecule has 0 saturated heterocycles. The summed E-state index contributed by atoms with van der Waals surface area (Å²) >= 11 is 0. The molecule has 1 heterocycles. The van der Waals surface area contributed by atoms with Crippen LogP contribution in [0.1, 0.15) is 24.1 Å². The maximum atomic E-state index is 14.5. The molecular weight excluding hydrogens is 433 g/mol. The molecule has 34 heavy (non-hydrogen) atoms. The number of terminal acetylenes is 1. The fourth-order valence-corrected chi connectivity index (χ4v) is 3.90. The number of aliphatic hydroxyl groups excluding tert-OH is 1. The van der Waals surface area contributed by atoms with Crippen molar-refractivity contribution in [1.82, 2.24) is 14.7 Å². The number of halogens is 1. The van der Waals surface area contributed by atoms with Crippen LogP contribution in [0.2, 0.25) is 0 Å². The molecule has 2 aromatic carbocycles. The second-order valence-corrected chi connectivity index (χ2v) is 8.66. The SMILES string of the molecule is C#CCOCC(O)CN(Cc1c(C)nn(-c2ccccc2)c1Oc1ccccc1F)CC1CC1. The number of aromatic nitrogens is 2. The van der Waals surface area contributed by atoms with Gasteiger partial charge in [0.1, 0.15) is 6.61 Å². The van der Waals surface area contributed by atoms with Gasteiger partial charge in [-0.2, -0.15) is 5.10 Å². The lowest BCUT2D eigenvalue weighted by atomic mass is 10.2. The summed E-state index contributed by atoms with van der Waals surface area (Å²) in [6.45, 7) is 4.04. The van der Waals surface area contributed by atoms with Gasteiger partial charge in [-0.25, -0.2) is 9.07 Å². The predicted molar refractivity (Wildman–Crippen MR) is 128 cm³/mol. The van der Waals surface area contributed by atoms with Crippen LogP contribution in [0.15, 0.2) is 54.6 Å². The van der Waals surface area contributed by atoms with Gasteiger partial charge < -0.3 is 14.6 Å². The number of hydrogen-bond acceptors (Lipinski definition) is 5. The summed E-state index contributed by atoms with van der Waals surface area (Å²) < 4.78 is 27.7. The first kappa shape index (κ1) is 24.0. The van der Waals surface area contributed by atoms with Crippen molar-refractivity contribution < 1.29 is 19.0 Å². The molecule has 0 aliphatic heterocycles. The van der Waals surface area contributed by atoms with Gasteiger partial charge in [0.2, 0.25) is 5.88 Å². The third-order valence-electron chi connectivity index (χ3n) is 5.74. The molecule has 0 radical (unpaired) electrons. The van der Waals surface area contributed by atoms with E-state index in [0.29, 0.717) is 24.9 Å². The van der Waals surface area contributed by atoms with Crippen molar-refractivity contribution in [2.75, 3.05) is 26.3 Å². The number of aryl methyl sites for hydroxylation is 1. The van der Waals surface area contributed by atoms with E-state index in [2.05, 4.69) is 10.8 Å². The van der Waals surface area contributed by atoms with Crippen LogP contribution in [0.25, 0.3) is 5.69 Å². The molecule has 4 rings (SSSR count). The molecule has 1 aromatic heterocycles. The van der Waals surface area contributed by atoms with E-state index >= 15 is 0 Å². The summed E-state index contributed by atoms with van der Waals surface area (Å²) in [4.78, 5) is 2.19. The number of rotatable bonds is 12. The smallest absolute Gasteiger partial charge is 0.227 e. The molecule has 178 valence electrons. The van der Waals surface area contributed by atoms with Gasteiger partial charge in [0.25, 0.3) is 0 Å². The molecule has 1 aliphatic carbocycles. The molecule has 6 nitrogen and oxygen atoms in total. The lowest BCUT2D eigenvalue weighted by molar-refractivity contribution is 0.0250. The van der Waals surface area contributed by atoms with Crippen LogP contribution in [0, 0.1) is 31.0 Å². The van der Waals surface area contributed by atoms with Crippen molar-refractivity contribution in [3.63, 3.8) is 0 Å². The molecule has 1 unspecified atom stereocenters. The number of para-hydroxylation sites is 2. The van der Waals surface area contributed by atoms with Gasteiger partial charge in [-0.1, -0.05) is 36.3 Å². The van der Waals surface area contributed by atoms with Crippen LogP contribution in [-0.2, 0) is 11.3 Å². The zero-order chi connectivity index (χ0) is 23.9. The highest BCUT2D eigenvalue weighted by atomic mass is 19.1. The molecule has 1 aliphatic rings. The van der Waals surface area contributed by atoms with E-state index in [1.807, 2.05) is 37.3 Å². The largest absolute Gasteiger partial charge is 0.435 e. The summed E-state index contributed by atoms with van der Waals surface area (Å²) in [6, 6.07) is 16.0. The summed E-state index contributed by atoms with van der Waals surface area (Å²) in [5.41, 5.74) is 2.46. The molecule has 1 saturated carbocycles. The fraction of sp³-hybridized carbons (Fsp3) is 0.370. The first-order valence-electron chi connectivity index (χ1n) is 11.5. The Morgan fingerprint density at radius 3 is 2.65 bits per heavy atom. The highest BCUT2D eigenvalue weighted by Gasteiger charge is 2.28. The van der Waals surface area contributed by atoms with Crippen LogP contribution in [0.3, 0.4) is 0 Å². The Hall–Kier alpha value is -3.18. The molecule has 7 heteroatoms. The normalized spacial score (nSPS) is 14.2. The predicted octanol–water partition coefficient (Wildman–Crippen LogP) is 4.33. The fourth-order valence-electron chi connectivity index (χ4n) is 3.90. The van der Waals surface area contributed by atoms with E-state index in [4.69, 9.17) is 21.0 Å². The number of ether oxygens (including phenoxy) is 2. The standard InChI is InChI=1S/C27H30FN3O3/c1-3-15-33-19-23(32)17-30(16-21-13-14-21)18-24-20(2)29-31(22-9-5-4-6-10-22)27(24)34-26-12-8-7-11-25(26)28/h1,4-12,21,23,32H,13-19H2,2H3. The number of aliphatic hydroxyl groups is 1. The summed E-state index contributed by atoms with van der Waals surface area (Å²) in [6.07, 6.45) is 6.92. The van der Waals surface area contributed by atoms with E-state index < -0.39 is 11.9 Å². The van der Waals surface area contributed by atoms with Gasteiger partial charge in [-0.3, -0.25) is 4.90 Å². The van der Waals surface area contributed by atoms with Gasteiger partial charge in [-0.15, -0.1) is 6.42 Å². The zero-order valence-electron chi connectivity index (χ0n) is 19.4. The summed E-state index contributed by atoms with van der Waals surface area (Å²) in [5.74, 6) is 3.18. The first-order valence-corrected chi connectivity index (χ1v) is 11.5. The van der Waals surface area contributed by atoms with E-state index in [9.17, 15) is 9.50 Å². The Labute approximate surface area is 199 Å². The van der Waals surface area contributed by atoms with Crippen LogP contribution in [0.5, 0.6) is 11.6 Å². The third-order valence-corrected chi connectivity index (χ3v) is 5.74. The lowest BCUT2D eigenvalue weighted by Crippen LogP contribution is -2.36. The molecule has 0 spiro atoms. The third kappa shape index (κ3) is 6.23. The van der Waals surface area contributed by atoms with E-state index in [1.165, 1.54) is 18.9 Å². The molecule has 1 atom stereocenters. The highest BCUT2D eigenvalue weighted by Crippen LogP contribution is 2.34. The quantitative estimate of drug-likeness (QED) is 0.320. The van der Waals surface area contributed by atoms with E-state index in [0.717, 1.165) is 23.5 Å². The van der Waals surface area contributed by atoms with E-state index in [-0.39, 0.29) is 19.0 Å². The van der Waals surface area contributed by atoms with Crippen LogP contribution in [-0.4, -0.2) is 52.2 Å². The van der Waals surface area contributed by atoms with Crippen molar-refractivity contribution in [3.05, 3.63) is 71.7 Å². The van der Waals surface area contributed by atoms with Crippen molar-refractivity contribution in [1.29, 1.82) is 0 Å². The Balaban J connectivity index is 1.64. The molecule has 3 aromatic rings. The molecular formula is C27H30FN3O3. The Morgan fingerprint density at radius 2 is 1.94 bits per heavy atom. The Kier molecular flexibility index (Phi) is 7.96. The monoisotopic (exact) mass is 463 g/mol. The Bertz CT molecular complexity index is 1120. The van der Waals surface area contributed by atoms with Crippen molar-refractivity contribution in [2.24, 2.45) is 5.92 Å². The lowest BCUT2D eigenvalue weighted by Gasteiger charge is -2.25. The summed E-state index contributed by atoms with van der Waals surface area (Å²) in [5, 5.41) is 15.2. The number of benzene rings is 2. The minimum absolute atomic E-state index is 0.136. The van der Waals surface area contributed by atoms with Crippen LogP contribution < -0.4 is 4.74 Å². The van der Waals surface area contributed by atoms with Gasteiger partial charge in [0, 0.05) is 19.6 Å². The van der Waals surface area contributed by atoms with Gasteiger partial charge >= 0.3 is 0 Å². The highest BCUT2D eigenvalue weighted by molar-refractivity contribution is 5.43. The number of hydrogen-bond donors (Lipinski definition) is 1. The zero-order valence-corrected chi connectivity index (χ0v) is 19.4. The average Bonchev–Trinajstić information content (AvgIpc) is 3.60. The first-order chi connectivity index (χ1) is 16.5. The van der Waals surface area contributed by atoms with Crippen molar-refractivity contribution in [2.45, 2.75) is 32.4 Å². The van der Waals surface area contributed by atoms with Gasteiger partial charge in [-0.05, 0) is 49.9 Å². The van der Waals surface area contributed by atoms with Crippen molar-refractivity contribution >= 4 is 0 Å². The molecule has 0 amide bonds. The van der Waals surface area contributed by atoms with Crippen LogP contribution >= 0.6 is 0 Å². The molecule has 1 fully saturated rings. The maximum Gasteiger partial charge on any atom is 0.227 e. The summed E-state index contributed by atoms with van der Waals surface area (Å²) in [7, 11) is 0.